The smallest absolute Gasteiger partial charge is 0.251 e. The summed E-state index contributed by atoms with van der Waals surface area (Å²) in [6, 6.07) is 13.2. The van der Waals surface area contributed by atoms with Crippen molar-refractivity contribution >= 4 is 32.7 Å². The standard InChI is InChI=1S/C24H27N5O3S/c25-22(30)20-16-26-23(27-17-20)28-11-7-24(8-12-28)9-13-29(14-10-24)33(31,32)21-6-5-18-3-1-2-4-19(18)15-21/h1-6,15-17H,7-14H2,(H2,25,30). The Morgan fingerprint density at radius 2 is 1.48 bits per heavy atom. The molecule has 0 unspecified atom stereocenters. The van der Waals surface area contributed by atoms with E-state index in [2.05, 4.69) is 14.9 Å². The number of nitrogens with zero attached hydrogens (tertiary/aromatic N) is 4. The molecule has 2 aliphatic rings. The number of aromatic nitrogens is 2. The number of piperidine rings is 2. The Morgan fingerprint density at radius 3 is 2.12 bits per heavy atom. The summed E-state index contributed by atoms with van der Waals surface area (Å²) in [6.45, 7) is 2.71. The molecule has 3 heterocycles. The van der Waals surface area contributed by atoms with E-state index in [1.807, 2.05) is 30.3 Å². The number of hydrogen-bond acceptors (Lipinski definition) is 6. The molecule has 1 aromatic heterocycles. The highest BCUT2D eigenvalue weighted by Gasteiger charge is 2.40. The van der Waals surface area contributed by atoms with Gasteiger partial charge in [0.15, 0.2) is 0 Å². The SMILES string of the molecule is NC(=O)c1cnc(N2CCC3(CC2)CCN(S(=O)(=O)c2ccc4ccccc4c2)CC3)nc1. The second-order valence-corrected chi connectivity index (χ2v) is 11.0. The molecule has 0 bridgehead atoms. The molecule has 5 rings (SSSR count). The van der Waals surface area contributed by atoms with E-state index in [1.54, 1.807) is 16.4 Å². The molecule has 2 aliphatic heterocycles. The van der Waals surface area contributed by atoms with Crippen LogP contribution in [0.1, 0.15) is 36.0 Å². The van der Waals surface area contributed by atoms with Crippen LogP contribution in [0.3, 0.4) is 0 Å². The molecule has 0 saturated carbocycles. The first-order valence-corrected chi connectivity index (χ1v) is 12.7. The summed E-state index contributed by atoms with van der Waals surface area (Å²) in [6.07, 6.45) is 6.58. The number of carbonyl (C=O) groups excluding carboxylic acids is 1. The minimum absolute atomic E-state index is 0.152. The van der Waals surface area contributed by atoms with Gasteiger partial charge in [-0.2, -0.15) is 4.31 Å². The zero-order chi connectivity index (χ0) is 23.1. The van der Waals surface area contributed by atoms with Crippen molar-refractivity contribution in [1.29, 1.82) is 0 Å². The van der Waals surface area contributed by atoms with Crippen LogP contribution in [0.25, 0.3) is 10.8 Å². The quantitative estimate of drug-likeness (QED) is 0.635. The monoisotopic (exact) mass is 465 g/mol. The van der Waals surface area contributed by atoms with Crippen LogP contribution < -0.4 is 10.6 Å². The molecule has 3 aromatic rings. The maximum atomic E-state index is 13.3. The Bertz CT molecular complexity index is 1270. The summed E-state index contributed by atoms with van der Waals surface area (Å²) < 4.78 is 28.2. The summed E-state index contributed by atoms with van der Waals surface area (Å²) >= 11 is 0. The van der Waals surface area contributed by atoms with Gasteiger partial charge < -0.3 is 10.6 Å². The minimum Gasteiger partial charge on any atom is -0.366 e. The maximum absolute atomic E-state index is 13.3. The lowest BCUT2D eigenvalue weighted by molar-refractivity contribution is 0.0999. The second-order valence-electron chi connectivity index (χ2n) is 9.04. The molecule has 2 aromatic carbocycles. The molecule has 33 heavy (non-hydrogen) atoms. The van der Waals surface area contributed by atoms with Crippen LogP contribution in [0.15, 0.2) is 59.8 Å². The Labute approximate surface area is 193 Å². The summed E-state index contributed by atoms with van der Waals surface area (Å²) in [5.74, 6) is 0.0655. The molecule has 172 valence electrons. The van der Waals surface area contributed by atoms with Crippen LogP contribution >= 0.6 is 0 Å². The van der Waals surface area contributed by atoms with Crippen molar-refractivity contribution in [2.45, 2.75) is 30.6 Å². The van der Waals surface area contributed by atoms with E-state index in [4.69, 9.17) is 5.73 Å². The minimum atomic E-state index is -3.51. The van der Waals surface area contributed by atoms with E-state index in [1.165, 1.54) is 12.4 Å². The number of anilines is 1. The van der Waals surface area contributed by atoms with E-state index in [0.29, 0.717) is 29.5 Å². The number of amides is 1. The second kappa shape index (κ2) is 8.39. The lowest BCUT2D eigenvalue weighted by atomic mass is 9.71. The first-order valence-electron chi connectivity index (χ1n) is 11.2. The van der Waals surface area contributed by atoms with Crippen molar-refractivity contribution in [1.82, 2.24) is 14.3 Å². The predicted octanol–water partition coefficient (Wildman–Crippen LogP) is 2.80. The molecule has 2 fully saturated rings. The average molecular weight is 466 g/mol. The number of hydrogen-bond donors (Lipinski definition) is 1. The lowest BCUT2D eigenvalue weighted by Crippen LogP contribution is -2.48. The van der Waals surface area contributed by atoms with Gasteiger partial charge in [-0.15, -0.1) is 0 Å². The molecule has 2 saturated heterocycles. The summed E-state index contributed by atoms with van der Waals surface area (Å²) in [4.78, 5) is 22.3. The third kappa shape index (κ3) is 4.18. The molecule has 1 spiro atoms. The fourth-order valence-corrected chi connectivity index (χ4v) is 6.45. The molecule has 8 nitrogen and oxygen atoms in total. The van der Waals surface area contributed by atoms with Gasteiger partial charge in [0.2, 0.25) is 16.0 Å². The van der Waals surface area contributed by atoms with E-state index in [9.17, 15) is 13.2 Å². The number of rotatable bonds is 4. The molecular formula is C24H27N5O3S. The van der Waals surface area contributed by atoms with Crippen molar-refractivity contribution in [3.8, 4) is 0 Å². The highest BCUT2D eigenvalue weighted by atomic mass is 32.2. The molecule has 0 aliphatic carbocycles. The largest absolute Gasteiger partial charge is 0.366 e. The van der Waals surface area contributed by atoms with Gasteiger partial charge in [-0.1, -0.05) is 30.3 Å². The van der Waals surface area contributed by atoms with Crippen molar-refractivity contribution in [2.75, 3.05) is 31.1 Å². The predicted molar refractivity (Wildman–Crippen MR) is 126 cm³/mol. The van der Waals surface area contributed by atoms with E-state index in [-0.39, 0.29) is 5.41 Å². The van der Waals surface area contributed by atoms with Gasteiger partial charge in [-0.3, -0.25) is 4.79 Å². The lowest BCUT2D eigenvalue weighted by Gasteiger charge is -2.46. The zero-order valence-corrected chi connectivity index (χ0v) is 19.2. The molecule has 1 amide bonds. The normalized spacial score (nSPS) is 19.1. The fourth-order valence-electron chi connectivity index (χ4n) is 4.97. The van der Waals surface area contributed by atoms with Gasteiger partial charge in [0.1, 0.15) is 0 Å². The summed E-state index contributed by atoms with van der Waals surface area (Å²) in [5.41, 5.74) is 5.71. The first kappa shape index (κ1) is 21.8. The number of benzene rings is 2. The van der Waals surface area contributed by atoms with Crippen LogP contribution in [0.5, 0.6) is 0 Å². The third-order valence-electron chi connectivity index (χ3n) is 7.17. The maximum Gasteiger partial charge on any atom is 0.251 e. The molecule has 9 heteroatoms. The van der Waals surface area contributed by atoms with Crippen molar-refractivity contribution in [2.24, 2.45) is 11.1 Å². The van der Waals surface area contributed by atoms with E-state index < -0.39 is 15.9 Å². The highest BCUT2D eigenvalue weighted by molar-refractivity contribution is 7.89. The number of fused-ring (bicyclic) bond motifs is 1. The molecule has 0 atom stereocenters. The van der Waals surface area contributed by atoms with Gasteiger partial charge >= 0.3 is 0 Å². The van der Waals surface area contributed by atoms with E-state index in [0.717, 1.165) is 49.5 Å². The highest BCUT2D eigenvalue weighted by Crippen LogP contribution is 2.42. The number of sulfonamides is 1. The first-order chi connectivity index (χ1) is 15.9. The summed E-state index contributed by atoms with van der Waals surface area (Å²) in [7, 11) is -3.51. The van der Waals surface area contributed by atoms with Crippen LogP contribution in [0.2, 0.25) is 0 Å². The Balaban J connectivity index is 1.23. The van der Waals surface area contributed by atoms with Gasteiger partial charge in [-0.05, 0) is 54.0 Å². The number of carbonyl (C=O) groups is 1. The van der Waals surface area contributed by atoms with Crippen molar-refractivity contribution in [3.63, 3.8) is 0 Å². The topological polar surface area (TPSA) is 109 Å². The number of nitrogens with two attached hydrogens (primary N) is 1. The zero-order valence-electron chi connectivity index (χ0n) is 18.4. The van der Waals surface area contributed by atoms with Gasteiger partial charge in [0.05, 0.1) is 10.5 Å². The summed E-state index contributed by atoms with van der Waals surface area (Å²) in [5, 5.41) is 1.97. The van der Waals surface area contributed by atoms with Gasteiger partial charge in [0, 0.05) is 38.6 Å². The Kier molecular flexibility index (Phi) is 5.54. The number of primary amides is 1. The molecule has 0 radical (unpaired) electrons. The van der Waals surface area contributed by atoms with Crippen LogP contribution in [-0.4, -0.2) is 54.8 Å². The average Bonchev–Trinajstić information content (AvgIpc) is 2.84. The fraction of sp³-hybridized carbons (Fsp3) is 0.375. The Morgan fingerprint density at radius 1 is 0.879 bits per heavy atom. The molecule has 2 N–H and O–H groups in total. The van der Waals surface area contributed by atoms with Crippen molar-refractivity contribution < 1.29 is 13.2 Å². The van der Waals surface area contributed by atoms with Crippen LogP contribution in [0.4, 0.5) is 5.95 Å². The van der Waals surface area contributed by atoms with Gasteiger partial charge in [0.25, 0.3) is 5.91 Å². The third-order valence-corrected chi connectivity index (χ3v) is 9.07. The Hall–Kier alpha value is -3.04. The van der Waals surface area contributed by atoms with Crippen LogP contribution in [0, 0.1) is 5.41 Å². The van der Waals surface area contributed by atoms with Gasteiger partial charge in [-0.25, -0.2) is 18.4 Å². The molecular weight excluding hydrogens is 438 g/mol. The van der Waals surface area contributed by atoms with E-state index >= 15 is 0 Å². The van der Waals surface area contributed by atoms with Crippen LogP contribution in [-0.2, 0) is 10.0 Å². The van der Waals surface area contributed by atoms with Crippen molar-refractivity contribution in [3.05, 3.63) is 60.4 Å².